The first-order valence-electron chi connectivity index (χ1n) is 9.35. The standard InChI is InChI=1S/C18H29N3O5/c1-4-5-10-20(3)14(22)12-26-15(23)11-21-16(24)18(19-17(21)25)9-7-6-8-13(18)2/h13H,4-12H2,1-3H3,(H,19,25)/t13-,18-/m0/s1. The number of nitrogens with one attached hydrogen (secondary N) is 1. The molecule has 8 heteroatoms. The van der Waals surface area contributed by atoms with E-state index in [4.69, 9.17) is 4.74 Å². The lowest BCUT2D eigenvalue weighted by molar-refractivity contribution is -0.153. The average molecular weight is 367 g/mol. The van der Waals surface area contributed by atoms with Crippen molar-refractivity contribution in [3.05, 3.63) is 0 Å². The fourth-order valence-corrected chi connectivity index (χ4v) is 3.59. The molecule has 26 heavy (non-hydrogen) atoms. The highest BCUT2D eigenvalue weighted by atomic mass is 16.5. The summed E-state index contributed by atoms with van der Waals surface area (Å²) in [5, 5.41) is 2.78. The van der Waals surface area contributed by atoms with Crippen LogP contribution in [0.4, 0.5) is 4.79 Å². The summed E-state index contributed by atoms with van der Waals surface area (Å²) in [7, 11) is 1.65. The molecular weight excluding hydrogens is 338 g/mol. The van der Waals surface area contributed by atoms with Crippen molar-refractivity contribution in [2.45, 2.75) is 57.9 Å². The van der Waals surface area contributed by atoms with Crippen LogP contribution in [-0.2, 0) is 19.1 Å². The number of ether oxygens (including phenoxy) is 1. The first kappa shape index (κ1) is 20.2. The smallest absolute Gasteiger partial charge is 0.326 e. The lowest BCUT2D eigenvalue weighted by Crippen LogP contribution is -2.54. The zero-order valence-electron chi connectivity index (χ0n) is 15.9. The molecule has 0 aromatic carbocycles. The molecule has 1 spiro atoms. The molecule has 1 aliphatic carbocycles. The summed E-state index contributed by atoms with van der Waals surface area (Å²) in [4.78, 5) is 51.3. The van der Waals surface area contributed by atoms with E-state index in [1.165, 1.54) is 4.90 Å². The minimum Gasteiger partial charge on any atom is -0.454 e. The predicted molar refractivity (Wildman–Crippen MR) is 94.1 cm³/mol. The van der Waals surface area contributed by atoms with Gasteiger partial charge in [-0.25, -0.2) is 4.79 Å². The van der Waals surface area contributed by atoms with Crippen molar-refractivity contribution in [2.24, 2.45) is 5.92 Å². The minimum absolute atomic E-state index is 0.0301. The summed E-state index contributed by atoms with van der Waals surface area (Å²) in [6, 6.07) is -0.563. The maximum Gasteiger partial charge on any atom is 0.326 e. The second-order valence-corrected chi connectivity index (χ2v) is 7.27. The van der Waals surface area contributed by atoms with Crippen LogP contribution in [0.1, 0.15) is 52.4 Å². The van der Waals surface area contributed by atoms with Crippen LogP contribution >= 0.6 is 0 Å². The fourth-order valence-electron chi connectivity index (χ4n) is 3.59. The monoisotopic (exact) mass is 367 g/mol. The van der Waals surface area contributed by atoms with E-state index in [1.807, 2.05) is 13.8 Å². The average Bonchev–Trinajstić information content (AvgIpc) is 2.85. The number of nitrogens with zero attached hydrogens (tertiary/aromatic N) is 2. The molecule has 4 amide bonds. The number of hydrogen-bond donors (Lipinski definition) is 1. The Morgan fingerprint density at radius 2 is 2.08 bits per heavy atom. The topological polar surface area (TPSA) is 96.0 Å². The molecule has 2 aliphatic rings. The highest BCUT2D eigenvalue weighted by Crippen LogP contribution is 2.38. The first-order chi connectivity index (χ1) is 12.3. The highest BCUT2D eigenvalue weighted by molar-refractivity contribution is 6.09. The van der Waals surface area contributed by atoms with Gasteiger partial charge < -0.3 is 15.0 Å². The first-order valence-corrected chi connectivity index (χ1v) is 9.35. The van der Waals surface area contributed by atoms with Gasteiger partial charge in [0.25, 0.3) is 11.8 Å². The van der Waals surface area contributed by atoms with Crippen LogP contribution in [-0.4, -0.2) is 65.9 Å². The summed E-state index contributed by atoms with van der Waals surface area (Å²) in [6.07, 6.45) is 5.19. The summed E-state index contributed by atoms with van der Waals surface area (Å²) >= 11 is 0. The Morgan fingerprint density at radius 1 is 1.35 bits per heavy atom. The Balaban J connectivity index is 1.88. The van der Waals surface area contributed by atoms with E-state index in [1.54, 1.807) is 7.05 Å². The molecule has 0 radical (unpaired) electrons. The Kier molecular flexibility index (Phi) is 6.61. The van der Waals surface area contributed by atoms with Crippen molar-refractivity contribution in [3.63, 3.8) is 0 Å². The molecule has 0 unspecified atom stereocenters. The summed E-state index contributed by atoms with van der Waals surface area (Å²) < 4.78 is 4.96. The number of carbonyl (C=O) groups is 4. The van der Waals surface area contributed by atoms with Gasteiger partial charge in [0.05, 0.1) is 0 Å². The number of hydrogen-bond acceptors (Lipinski definition) is 5. The van der Waals surface area contributed by atoms with Crippen molar-refractivity contribution in [2.75, 3.05) is 26.7 Å². The van der Waals surface area contributed by atoms with Gasteiger partial charge in [0.15, 0.2) is 6.61 Å². The Hall–Kier alpha value is -2.12. The van der Waals surface area contributed by atoms with Crippen LogP contribution in [0, 0.1) is 5.92 Å². The van der Waals surface area contributed by atoms with E-state index in [2.05, 4.69) is 5.32 Å². The third kappa shape index (κ3) is 4.16. The third-order valence-corrected chi connectivity index (χ3v) is 5.42. The van der Waals surface area contributed by atoms with Crippen molar-refractivity contribution >= 4 is 23.8 Å². The van der Waals surface area contributed by atoms with Gasteiger partial charge in [0.1, 0.15) is 12.1 Å². The molecule has 146 valence electrons. The molecule has 1 saturated heterocycles. The number of unbranched alkanes of at least 4 members (excludes halogenated alkanes) is 1. The maximum atomic E-state index is 12.8. The van der Waals surface area contributed by atoms with E-state index in [0.717, 1.165) is 37.0 Å². The zero-order chi connectivity index (χ0) is 19.3. The number of urea groups is 1. The lowest BCUT2D eigenvalue weighted by atomic mass is 9.73. The van der Waals surface area contributed by atoms with Gasteiger partial charge in [-0.05, 0) is 25.2 Å². The summed E-state index contributed by atoms with van der Waals surface area (Å²) in [6.45, 7) is 3.72. The van der Waals surface area contributed by atoms with Crippen molar-refractivity contribution in [3.8, 4) is 0 Å². The number of rotatable bonds is 7. The molecule has 2 fully saturated rings. The molecule has 1 heterocycles. The van der Waals surface area contributed by atoms with E-state index < -0.39 is 24.1 Å². The second kappa shape index (κ2) is 8.51. The molecule has 1 aliphatic heterocycles. The highest BCUT2D eigenvalue weighted by Gasteiger charge is 2.55. The van der Waals surface area contributed by atoms with Crippen LogP contribution < -0.4 is 5.32 Å². The van der Waals surface area contributed by atoms with Gasteiger partial charge in [-0.15, -0.1) is 0 Å². The van der Waals surface area contributed by atoms with E-state index in [-0.39, 0.29) is 24.3 Å². The molecule has 0 aromatic rings. The van der Waals surface area contributed by atoms with Crippen LogP contribution in [0.5, 0.6) is 0 Å². The van der Waals surface area contributed by atoms with Gasteiger partial charge in [0, 0.05) is 13.6 Å². The number of esters is 1. The number of imide groups is 1. The molecule has 1 N–H and O–H groups in total. The predicted octanol–water partition coefficient (Wildman–Crippen LogP) is 1.29. The van der Waals surface area contributed by atoms with E-state index in [9.17, 15) is 19.2 Å². The quantitative estimate of drug-likeness (QED) is 0.540. The fraction of sp³-hybridized carbons (Fsp3) is 0.778. The van der Waals surface area contributed by atoms with Crippen LogP contribution in [0.15, 0.2) is 0 Å². The molecule has 2 atom stereocenters. The van der Waals surface area contributed by atoms with Gasteiger partial charge in [-0.2, -0.15) is 0 Å². The van der Waals surface area contributed by atoms with E-state index >= 15 is 0 Å². The Morgan fingerprint density at radius 3 is 2.73 bits per heavy atom. The largest absolute Gasteiger partial charge is 0.454 e. The van der Waals surface area contributed by atoms with Gasteiger partial charge >= 0.3 is 12.0 Å². The minimum atomic E-state index is -0.897. The lowest BCUT2D eigenvalue weighted by Gasteiger charge is -2.36. The third-order valence-electron chi connectivity index (χ3n) is 5.42. The molecular formula is C18H29N3O5. The Labute approximate surface area is 154 Å². The Bertz CT molecular complexity index is 579. The summed E-state index contributed by atoms with van der Waals surface area (Å²) in [5.74, 6) is -1.40. The van der Waals surface area contributed by atoms with Crippen molar-refractivity contribution < 1.29 is 23.9 Å². The number of carbonyl (C=O) groups excluding carboxylic acids is 4. The van der Waals surface area contributed by atoms with Crippen molar-refractivity contribution in [1.29, 1.82) is 0 Å². The normalized spacial score (nSPS) is 25.3. The molecule has 1 saturated carbocycles. The molecule has 0 bridgehead atoms. The van der Waals surface area contributed by atoms with E-state index in [0.29, 0.717) is 13.0 Å². The maximum absolute atomic E-state index is 12.8. The second-order valence-electron chi connectivity index (χ2n) is 7.27. The van der Waals surface area contributed by atoms with Crippen LogP contribution in [0.25, 0.3) is 0 Å². The number of likely N-dealkylation sites (N-methyl/N-ethyl adjacent to an activating group) is 1. The van der Waals surface area contributed by atoms with Crippen molar-refractivity contribution in [1.82, 2.24) is 15.1 Å². The summed E-state index contributed by atoms with van der Waals surface area (Å²) in [5.41, 5.74) is -0.897. The van der Waals surface area contributed by atoms with Crippen LogP contribution in [0.3, 0.4) is 0 Å². The van der Waals surface area contributed by atoms with Crippen LogP contribution in [0.2, 0.25) is 0 Å². The molecule has 0 aromatic heterocycles. The SMILES string of the molecule is CCCCN(C)C(=O)COC(=O)CN1C(=O)N[C@]2(CCCC[C@@H]2C)C1=O. The molecule has 8 nitrogen and oxygen atoms in total. The van der Waals surface area contributed by atoms with Gasteiger partial charge in [0.2, 0.25) is 0 Å². The number of amides is 4. The van der Waals surface area contributed by atoms with Gasteiger partial charge in [-0.1, -0.05) is 33.1 Å². The van der Waals surface area contributed by atoms with Gasteiger partial charge in [-0.3, -0.25) is 19.3 Å². The zero-order valence-corrected chi connectivity index (χ0v) is 15.9. The molecule has 2 rings (SSSR count).